The Morgan fingerprint density at radius 1 is 1.42 bits per heavy atom. The van der Waals surface area contributed by atoms with Crippen molar-refractivity contribution in [3.8, 4) is 5.75 Å². The molecule has 0 aromatic heterocycles. The molecule has 104 valence electrons. The molecule has 1 aliphatic rings. The first-order valence-corrected chi connectivity index (χ1v) is 7.30. The Labute approximate surface area is 119 Å². The first-order valence-electron chi connectivity index (χ1n) is 6.77. The number of hydrogen-bond acceptors (Lipinski definition) is 2. The fourth-order valence-corrected chi connectivity index (χ4v) is 2.99. The second-order valence-corrected chi connectivity index (χ2v) is 5.25. The molecule has 0 N–H and O–H groups in total. The minimum atomic E-state index is 0.0676. The first kappa shape index (κ1) is 14.2. The summed E-state index contributed by atoms with van der Waals surface area (Å²) in [6, 6.07) is 7.47. The first-order chi connectivity index (χ1) is 9.17. The normalized spacial score (nSPS) is 22.6. The van der Waals surface area contributed by atoms with E-state index in [0.717, 1.165) is 18.7 Å². The number of nitrogens with zero attached hydrogens (tertiary/aromatic N) is 1. The van der Waals surface area contributed by atoms with E-state index in [0.29, 0.717) is 24.0 Å². The maximum absolute atomic E-state index is 12.5. The largest absolute Gasteiger partial charge is 0.494 e. The van der Waals surface area contributed by atoms with Gasteiger partial charge in [-0.15, -0.1) is 11.6 Å². The number of amides is 1. The summed E-state index contributed by atoms with van der Waals surface area (Å²) < 4.78 is 5.38. The molecule has 1 aromatic carbocycles. The number of carbonyl (C=O) groups excluding carboxylic acids is 1. The van der Waals surface area contributed by atoms with Crippen molar-refractivity contribution in [1.82, 2.24) is 4.90 Å². The molecular weight excluding hydrogens is 262 g/mol. The summed E-state index contributed by atoms with van der Waals surface area (Å²) >= 11 is 5.98. The minimum Gasteiger partial charge on any atom is -0.494 e. The monoisotopic (exact) mass is 281 g/mol. The molecule has 1 amide bonds. The number of alkyl halides is 1. The number of hydrogen-bond donors (Lipinski definition) is 0. The fourth-order valence-electron chi connectivity index (χ4n) is 2.52. The predicted octanol–water partition coefficient (Wildman–Crippen LogP) is 3.17. The van der Waals surface area contributed by atoms with Crippen molar-refractivity contribution in [3.63, 3.8) is 0 Å². The van der Waals surface area contributed by atoms with Crippen molar-refractivity contribution >= 4 is 17.5 Å². The Morgan fingerprint density at radius 3 is 2.68 bits per heavy atom. The Morgan fingerprint density at radius 2 is 2.11 bits per heavy atom. The SMILES string of the molecule is CCOc1ccc(C(=O)N2CCC(C)C2CCl)cc1. The Kier molecular flexibility index (Phi) is 4.70. The van der Waals surface area contributed by atoms with E-state index in [9.17, 15) is 4.79 Å². The molecule has 1 heterocycles. The van der Waals surface area contributed by atoms with Gasteiger partial charge in [-0.3, -0.25) is 4.79 Å². The topological polar surface area (TPSA) is 29.5 Å². The molecule has 4 heteroatoms. The predicted molar refractivity (Wildman–Crippen MR) is 76.9 cm³/mol. The van der Waals surface area contributed by atoms with Gasteiger partial charge in [0.2, 0.25) is 0 Å². The lowest BCUT2D eigenvalue weighted by Crippen LogP contribution is -2.38. The molecule has 2 rings (SSSR count). The van der Waals surface area contributed by atoms with Crippen LogP contribution >= 0.6 is 11.6 Å². The van der Waals surface area contributed by atoms with Gasteiger partial charge in [0, 0.05) is 24.0 Å². The smallest absolute Gasteiger partial charge is 0.254 e. The van der Waals surface area contributed by atoms with Crippen LogP contribution in [0.4, 0.5) is 0 Å². The van der Waals surface area contributed by atoms with Gasteiger partial charge >= 0.3 is 0 Å². The lowest BCUT2D eigenvalue weighted by atomic mass is 10.0. The molecule has 3 nitrogen and oxygen atoms in total. The highest BCUT2D eigenvalue weighted by Crippen LogP contribution is 2.27. The van der Waals surface area contributed by atoms with Crippen molar-refractivity contribution in [2.24, 2.45) is 5.92 Å². The third kappa shape index (κ3) is 3.03. The number of ether oxygens (including phenoxy) is 1. The van der Waals surface area contributed by atoms with E-state index in [1.165, 1.54) is 0 Å². The fraction of sp³-hybridized carbons (Fsp3) is 0.533. The van der Waals surface area contributed by atoms with Crippen LogP contribution < -0.4 is 4.74 Å². The average Bonchev–Trinajstić information content (AvgIpc) is 2.80. The summed E-state index contributed by atoms with van der Waals surface area (Å²) in [5.41, 5.74) is 0.702. The van der Waals surface area contributed by atoms with Gasteiger partial charge in [-0.1, -0.05) is 6.92 Å². The maximum atomic E-state index is 12.5. The van der Waals surface area contributed by atoms with Gasteiger partial charge in [-0.25, -0.2) is 0 Å². The highest BCUT2D eigenvalue weighted by Gasteiger charge is 2.33. The summed E-state index contributed by atoms with van der Waals surface area (Å²) in [5, 5.41) is 0. The number of halogens is 1. The quantitative estimate of drug-likeness (QED) is 0.794. The van der Waals surface area contributed by atoms with E-state index >= 15 is 0 Å². The van der Waals surface area contributed by atoms with Crippen molar-refractivity contribution in [2.75, 3.05) is 19.0 Å². The van der Waals surface area contributed by atoms with Crippen LogP contribution in [0.2, 0.25) is 0 Å². The van der Waals surface area contributed by atoms with E-state index in [1.807, 2.05) is 36.1 Å². The van der Waals surface area contributed by atoms with Crippen LogP contribution in [-0.4, -0.2) is 35.9 Å². The summed E-state index contributed by atoms with van der Waals surface area (Å²) in [5.74, 6) is 1.84. The zero-order valence-electron chi connectivity index (χ0n) is 11.4. The maximum Gasteiger partial charge on any atom is 0.254 e. The van der Waals surface area contributed by atoms with E-state index in [2.05, 4.69) is 6.92 Å². The molecule has 1 aromatic rings. The van der Waals surface area contributed by atoms with Gasteiger partial charge in [-0.2, -0.15) is 0 Å². The molecule has 0 bridgehead atoms. The Hall–Kier alpha value is -1.22. The third-order valence-corrected chi connectivity index (χ3v) is 4.03. The summed E-state index contributed by atoms with van der Waals surface area (Å²) in [6.45, 7) is 5.52. The number of rotatable bonds is 4. The molecule has 0 spiro atoms. The molecule has 1 fully saturated rings. The van der Waals surface area contributed by atoms with E-state index in [1.54, 1.807) is 0 Å². The molecule has 19 heavy (non-hydrogen) atoms. The van der Waals surface area contributed by atoms with Crippen molar-refractivity contribution in [1.29, 1.82) is 0 Å². The van der Waals surface area contributed by atoms with Gasteiger partial charge in [0.05, 0.1) is 6.61 Å². The molecule has 1 aliphatic heterocycles. The number of carbonyl (C=O) groups is 1. The summed E-state index contributed by atoms with van der Waals surface area (Å²) in [7, 11) is 0. The summed E-state index contributed by atoms with van der Waals surface area (Å²) in [4.78, 5) is 14.4. The van der Waals surface area contributed by atoms with Crippen LogP contribution in [0.15, 0.2) is 24.3 Å². The average molecular weight is 282 g/mol. The van der Waals surface area contributed by atoms with Gasteiger partial charge in [-0.05, 0) is 43.5 Å². The molecule has 2 unspecified atom stereocenters. The second-order valence-electron chi connectivity index (χ2n) is 4.94. The molecule has 0 radical (unpaired) electrons. The third-order valence-electron chi connectivity index (χ3n) is 3.71. The highest BCUT2D eigenvalue weighted by atomic mass is 35.5. The molecule has 0 saturated carbocycles. The van der Waals surface area contributed by atoms with Crippen LogP contribution in [0.5, 0.6) is 5.75 Å². The van der Waals surface area contributed by atoms with Crippen LogP contribution in [0.3, 0.4) is 0 Å². The Balaban J connectivity index is 2.11. The number of likely N-dealkylation sites (tertiary alicyclic amines) is 1. The molecule has 0 aliphatic carbocycles. The van der Waals surface area contributed by atoms with E-state index in [4.69, 9.17) is 16.3 Å². The number of benzene rings is 1. The van der Waals surface area contributed by atoms with Gasteiger partial charge in [0.15, 0.2) is 0 Å². The molecule has 2 atom stereocenters. The molecule has 1 saturated heterocycles. The van der Waals surface area contributed by atoms with Crippen molar-refractivity contribution in [3.05, 3.63) is 29.8 Å². The van der Waals surface area contributed by atoms with Crippen LogP contribution in [-0.2, 0) is 0 Å². The highest BCUT2D eigenvalue weighted by molar-refractivity contribution is 6.18. The van der Waals surface area contributed by atoms with Crippen LogP contribution in [0.1, 0.15) is 30.6 Å². The zero-order valence-corrected chi connectivity index (χ0v) is 12.2. The van der Waals surface area contributed by atoms with E-state index in [-0.39, 0.29) is 11.9 Å². The minimum absolute atomic E-state index is 0.0676. The van der Waals surface area contributed by atoms with Crippen molar-refractivity contribution in [2.45, 2.75) is 26.3 Å². The zero-order chi connectivity index (χ0) is 13.8. The van der Waals surface area contributed by atoms with Crippen molar-refractivity contribution < 1.29 is 9.53 Å². The molecular formula is C15H20ClNO2. The van der Waals surface area contributed by atoms with E-state index < -0.39 is 0 Å². The van der Waals surface area contributed by atoms with Gasteiger partial charge in [0.1, 0.15) is 5.75 Å². The Bertz CT molecular complexity index is 432. The van der Waals surface area contributed by atoms with Crippen LogP contribution in [0, 0.1) is 5.92 Å². The van der Waals surface area contributed by atoms with Gasteiger partial charge < -0.3 is 9.64 Å². The lowest BCUT2D eigenvalue weighted by molar-refractivity contribution is 0.0737. The lowest BCUT2D eigenvalue weighted by Gasteiger charge is -2.25. The second kappa shape index (κ2) is 6.29. The summed E-state index contributed by atoms with van der Waals surface area (Å²) in [6.07, 6.45) is 1.03. The van der Waals surface area contributed by atoms with Gasteiger partial charge in [0.25, 0.3) is 5.91 Å². The van der Waals surface area contributed by atoms with Crippen LogP contribution in [0.25, 0.3) is 0 Å². The standard InChI is InChI=1S/C15H20ClNO2/c1-3-19-13-6-4-12(5-7-13)15(18)17-9-8-11(2)14(17)10-16/h4-7,11,14H,3,8-10H2,1-2H3.